The molecule has 1 aromatic rings. The maximum atomic E-state index is 12.1. The molecule has 134 valence electrons. The predicted octanol–water partition coefficient (Wildman–Crippen LogP) is 2.48. The molecule has 1 aliphatic heterocycles. The minimum absolute atomic E-state index is 0. The Morgan fingerprint density at radius 3 is 2.50 bits per heavy atom. The van der Waals surface area contributed by atoms with Crippen molar-refractivity contribution < 1.29 is 4.79 Å². The number of carbonyl (C=O) groups excluding carboxylic acids is 1. The van der Waals surface area contributed by atoms with E-state index in [1.807, 2.05) is 0 Å². The summed E-state index contributed by atoms with van der Waals surface area (Å²) in [6, 6.07) is 11.0. The zero-order valence-electron chi connectivity index (χ0n) is 14.6. The molecule has 1 aliphatic carbocycles. The van der Waals surface area contributed by atoms with Crippen molar-refractivity contribution in [2.45, 2.75) is 38.1 Å². The fourth-order valence-corrected chi connectivity index (χ4v) is 3.94. The molecule has 0 spiro atoms. The topological polar surface area (TPSA) is 49.6 Å². The quantitative estimate of drug-likeness (QED) is 0.856. The Kier molecular flexibility index (Phi) is 7.08. The molecule has 1 heterocycles. The zero-order valence-corrected chi connectivity index (χ0v) is 15.4. The average Bonchev–Trinajstić information content (AvgIpc) is 3.35. The molecule has 2 atom stereocenters. The van der Waals surface area contributed by atoms with Crippen LogP contribution in [0, 0.1) is 5.92 Å². The monoisotopic (exact) mass is 351 g/mol. The lowest BCUT2D eigenvalue weighted by atomic mass is 9.96. The van der Waals surface area contributed by atoms with Gasteiger partial charge in [0.05, 0.1) is 0 Å². The largest absolute Gasteiger partial charge is 0.339 e. The molecule has 1 saturated carbocycles. The van der Waals surface area contributed by atoms with Gasteiger partial charge in [-0.1, -0.05) is 30.3 Å². The van der Waals surface area contributed by atoms with Crippen molar-refractivity contribution in [3.63, 3.8) is 0 Å². The van der Waals surface area contributed by atoms with E-state index < -0.39 is 0 Å². The molecule has 1 aromatic carbocycles. The number of piperidine rings is 1. The van der Waals surface area contributed by atoms with Crippen LogP contribution in [-0.4, -0.2) is 54.5 Å². The number of carbonyl (C=O) groups is 1. The van der Waals surface area contributed by atoms with Crippen molar-refractivity contribution >= 4 is 18.3 Å². The number of hydrogen-bond donors (Lipinski definition) is 1. The minimum atomic E-state index is 0. The second-order valence-corrected chi connectivity index (χ2v) is 7.07. The zero-order chi connectivity index (χ0) is 16.2. The van der Waals surface area contributed by atoms with Crippen molar-refractivity contribution in [3.05, 3.63) is 35.9 Å². The Bertz CT molecular complexity index is 517. The van der Waals surface area contributed by atoms with Crippen molar-refractivity contribution in [2.24, 2.45) is 11.7 Å². The van der Waals surface area contributed by atoms with Crippen LogP contribution in [0.3, 0.4) is 0 Å². The molecule has 0 bridgehead atoms. The predicted molar refractivity (Wildman–Crippen MR) is 100 cm³/mol. The van der Waals surface area contributed by atoms with E-state index >= 15 is 0 Å². The van der Waals surface area contributed by atoms with E-state index in [0.717, 1.165) is 39.1 Å². The first-order valence-corrected chi connectivity index (χ1v) is 8.93. The van der Waals surface area contributed by atoms with E-state index in [4.69, 9.17) is 5.73 Å². The van der Waals surface area contributed by atoms with Gasteiger partial charge in [0, 0.05) is 38.5 Å². The van der Waals surface area contributed by atoms with E-state index in [1.54, 1.807) is 6.92 Å². The second kappa shape index (κ2) is 8.84. The van der Waals surface area contributed by atoms with Gasteiger partial charge in [-0.3, -0.25) is 4.79 Å². The number of amides is 1. The molecule has 5 heteroatoms. The molecule has 2 aliphatic rings. The SMILES string of the molecule is CC(=O)N(CC1CCN(CCN)CC1)C1CC1c1ccccc1.Cl. The molecular weight excluding hydrogens is 322 g/mol. The van der Waals surface area contributed by atoms with Gasteiger partial charge in [-0.2, -0.15) is 0 Å². The van der Waals surface area contributed by atoms with Crippen molar-refractivity contribution in [3.8, 4) is 0 Å². The summed E-state index contributed by atoms with van der Waals surface area (Å²) in [6.07, 6.45) is 3.49. The first kappa shape index (κ1) is 19.2. The van der Waals surface area contributed by atoms with Gasteiger partial charge in [0.2, 0.25) is 5.91 Å². The minimum Gasteiger partial charge on any atom is -0.339 e. The van der Waals surface area contributed by atoms with Gasteiger partial charge in [-0.15, -0.1) is 12.4 Å². The Labute approximate surface area is 151 Å². The highest BCUT2D eigenvalue weighted by Crippen LogP contribution is 2.45. The van der Waals surface area contributed by atoms with Crippen LogP contribution in [0.4, 0.5) is 0 Å². The smallest absolute Gasteiger partial charge is 0.219 e. The third-order valence-electron chi connectivity index (χ3n) is 5.40. The Balaban J connectivity index is 0.00000208. The van der Waals surface area contributed by atoms with E-state index in [1.165, 1.54) is 18.4 Å². The maximum absolute atomic E-state index is 12.1. The normalized spacial score (nSPS) is 24.2. The standard InChI is InChI=1S/C19H29N3O.ClH/c1-15(23)22(14-16-7-10-21(11-8-16)12-9-20)19-13-18(19)17-5-3-2-4-6-17;/h2-6,16,18-19H,7-14,20H2,1H3;1H. The van der Waals surface area contributed by atoms with Gasteiger partial charge in [0.15, 0.2) is 0 Å². The van der Waals surface area contributed by atoms with E-state index in [-0.39, 0.29) is 18.3 Å². The van der Waals surface area contributed by atoms with Crippen LogP contribution in [0.2, 0.25) is 0 Å². The number of nitrogens with two attached hydrogens (primary N) is 1. The van der Waals surface area contributed by atoms with E-state index in [9.17, 15) is 4.79 Å². The number of rotatable bonds is 6. The van der Waals surface area contributed by atoms with Gasteiger partial charge in [-0.25, -0.2) is 0 Å². The van der Waals surface area contributed by atoms with Crippen LogP contribution in [0.5, 0.6) is 0 Å². The van der Waals surface area contributed by atoms with Gasteiger partial charge < -0.3 is 15.5 Å². The van der Waals surface area contributed by atoms with Gasteiger partial charge in [0.25, 0.3) is 0 Å². The number of likely N-dealkylation sites (tertiary alicyclic amines) is 1. The fourth-order valence-electron chi connectivity index (χ4n) is 3.94. The summed E-state index contributed by atoms with van der Waals surface area (Å²) in [5.41, 5.74) is 7.01. The Morgan fingerprint density at radius 1 is 1.25 bits per heavy atom. The first-order chi connectivity index (χ1) is 11.2. The van der Waals surface area contributed by atoms with Gasteiger partial charge in [0.1, 0.15) is 0 Å². The number of hydrogen-bond acceptors (Lipinski definition) is 3. The van der Waals surface area contributed by atoms with Crippen LogP contribution in [0.1, 0.15) is 37.7 Å². The van der Waals surface area contributed by atoms with Crippen LogP contribution in [0.15, 0.2) is 30.3 Å². The summed E-state index contributed by atoms with van der Waals surface area (Å²) in [4.78, 5) is 16.7. The number of halogens is 1. The molecule has 1 amide bonds. The highest BCUT2D eigenvalue weighted by molar-refractivity contribution is 5.85. The van der Waals surface area contributed by atoms with Gasteiger partial charge in [-0.05, 0) is 43.8 Å². The number of nitrogens with zero attached hydrogens (tertiary/aromatic N) is 2. The molecule has 0 radical (unpaired) electrons. The van der Waals surface area contributed by atoms with Crippen molar-refractivity contribution in [1.29, 1.82) is 0 Å². The molecule has 4 nitrogen and oxygen atoms in total. The second-order valence-electron chi connectivity index (χ2n) is 7.07. The highest BCUT2D eigenvalue weighted by atomic mass is 35.5. The summed E-state index contributed by atoms with van der Waals surface area (Å²) in [5, 5.41) is 0. The van der Waals surface area contributed by atoms with Crippen LogP contribution >= 0.6 is 12.4 Å². The number of benzene rings is 1. The van der Waals surface area contributed by atoms with Crippen molar-refractivity contribution in [1.82, 2.24) is 9.80 Å². The molecule has 0 aromatic heterocycles. The third-order valence-corrected chi connectivity index (χ3v) is 5.40. The van der Waals surface area contributed by atoms with E-state index in [2.05, 4.69) is 40.1 Å². The summed E-state index contributed by atoms with van der Waals surface area (Å²) < 4.78 is 0. The summed E-state index contributed by atoms with van der Waals surface area (Å²) in [5.74, 6) is 1.42. The van der Waals surface area contributed by atoms with Gasteiger partial charge >= 0.3 is 0 Å². The molecule has 24 heavy (non-hydrogen) atoms. The molecular formula is C19H30ClN3O. The maximum Gasteiger partial charge on any atom is 0.219 e. The molecule has 2 fully saturated rings. The lowest BCUT2D eigenvalue weighted by Crippen LogP contribution is -2.42. The summed E-state index contributed by atoms with van der Waals surface area (Å²) >= 11 is 0. The van der Waals surface area contributed by atoms with Crippen LogP contribution in [-0.2, 0) is 4.79 Å². The first-order valence-electron chi connectivity index (χ1n) is 8.93. The molecule has 2 N–H and O–H groups in total. The summed E-state index contributed by atoms with van der Waals surface area (Å²) in [7, 11) is 0. The molecule has 2 unspecified atom stereocenters. The average molecular weight is 352 g/mol. The Morgan fingerprint density at radius 2 is 1.92 bits per heavy atom. The summed E-state index contributed by atoms with van der Waals surface area (Å²) in [6.45, 7) is 6.65. The highest BCUT2D eigenvalue weighted by Gasteiger charge is 2.44. The lowest BCUT2D eigenvalue weighted by molar-refractivity contribution is -0.130. The molecule has 3 rings (SSSR count). The van der Waals surface area contributed by atoms with Crippen LogP contribution in [0.25, 0.3) is 0 Å². The Hall–Kier alpha value is -1.10. The fraction of sp³-hybridized carbons (Fsp3) is 0.632. The lowest BCUT2D eigenvalue weighted by Gasteiger charge is -2.34. The van der Waals surface area contributed by atoms with Crippen molar-refractivity contribution in [2.75, 3.05) is 32.7 Å². The third kappa shape index (κ3) is 4.71. The molecule has 1 saturated heterocycles. The van der Waals surface area contributed by atoms with E-state index in [0.29, 0.717) is 17.9 Å². The van der Waals surface area contributed by atoms with Crippen LogP contribution < -0.4 is 5.73 Å².